The molecule has 11 heteroatoms. The fraction of sp³-hybridized carbons (Fsp3) is 0.269. The Bertz CT molecular complexity index is 1440. The van der Waals surface area contributed by atoms with E-state index in [4.69, 9.17) is 11.6 Å². The summed E-state index contributed by atoms with van der Waals surface area (Å²) in [4.78, 5) is 27.6. The van der Waals surface area contributed by atoms with E-state index in [9.17, 15) is 32.4 Å². The molecule has 2 aromatic carbocycles. The molecule has 1 fully saturated rings. The summed E-state index contributed by atoms with van der Waals surface area (Å²) in [6.07, 6.45) is -2.07. The second-order valence-electron chi connectivity index (χ2n) is 8.76. The highest BCUT2D eigenvalue weighted by molar-refractivity contribution is 6.34. The van der Waals surface area contributed by atoms with Gasteiger partial charge in [0.1, 0.15) is 16.9 Å². The first kappa shape index (κ1) is 26.2. The number of benzene rings is 2. The number of aryl methyl sites for hydroxylation is 1. The lowest BCUT2D eigenvalue weighted by atomic mass is 9.89. The van der Waals surface area contributed by atoms with Gasteiger partial charge in [0.2, 0.25) is 0 Å². The van der Waals surface area contributed by atoms with Crippen LogP contribution >= 0.6 is 11.6 Å². The largest absolute Gasteiger partial charge is 0.416 e. The highest BCUT2D eigenvalue weighted by Crippen LogP contribution is 2.35. The normalized spacial score (nSPS) is 14.4. The molecule has 192 valence electrons. The van der Waals surface area contributed by atoms with Crippen molar-refractivity contribution in [3.05, 3.63) is 92.1 Å². The molecule has 4 rings (SSSR count). The lowest BCUT2D eigenvalue weighted by molar-refractivity contribution is -0.137. The molecule has 2 heterocycles. The minimum Gasteiger partial charge on any atom is -0.352 e. The van der Waals surface area contributed by atoms with Crippen LogP contribution in [-0.2, 0) is 13.2 Å². The molecule has 0 unspecified atom stereocenters. The van der Waals surface area contributed by atoms with E-state index in [1.807, 2.05) is 0 Å². The second kappa shape index (κ2) is 10.3. The quantitative estimate of drug-likeness (QED) is 0.429. The summed E-state index contributed by atoms with van der Waals surface area (Å²) in [7, 11) is 1.42. The number of pyridine rings is 1. The van der Waals surface area contributed by atoms with Gasteiger partial charge >= 0.3 is 6.18 Å². The van der Waals surface area contributed by atoms with Crippen molar-refractivity contribution in [1.82, 2.24) is 9.47 Å². The predicted octanol–water partition coefficient (Wildman–Crippen LogP) is 5.83. The van der Waals surface area contributed by atoms with E-state index in [1.165, 1.54) is 25.4 Å². The van der Waals surface area contributed by atoms with Gasteiger partial charge in [0.15, 0.2) is 0 Å². The Balaban J connectivity index is 1.63. The fourth-order valence-corrected chi connectivity index (χ4v) is 4.64. The minimum absolute atomic E-state index is 0.0327. The zero-order chi connectivity index (χ0) is 26.9. The van der Waals surface area contributed by atoms with Crippen LogP contribution in [0.3, 0.4) is 0 Å². The van der Waals surface area contributed by atoms with Gasteiger partial charge < -0.3 is 14.8 Å². The topological polar surface area (TPSA) is 78.1 Å². The maximum atomic E-state index is 13.5. The van der Waals surface area contributed by atoms with Crippen molar-refractivity contribution in [2.24, 2.45) is 7.05 Å². The van der Waals surface area contributed by atoms with Gasteiger partial charge in [0.25, 0.3) is 11.5 Å². The number of hydrogen-bond donors (Lipinski definition) is 1. The summed E-state index contributed by atoms with van der Waals surface area (Å²) >= 11 is 6.29. The van der Waals surface area contributed by atoms with Gasteiger partial charge in [-0.05, 0) is 54.7 Å². The van der Waals surface area contributed by atoms with Crippen LogP contribution in [0.1, 0.15) is 45.8 Å². The molecule has 0 radical (unpaired) electrons. The van der Waals surface area contributed by atoms with Crippen LogP contribution in [0.4, 0.5) is 28.9 Å². The SMILES string of the molecule is Cn1cc(C(=O)N2CCC(c3ccc(F)cc3)CC2)c(Nc2ccc(C(F)(F)F)cc2C#N)c(Cl)c1=O. The van der Waals surface area contributed by atoms with E-state index < -0.39 is 23.2 Å². The summed E-state index contributed by atoms with van der Waals surface area (Å²) in [6, 6.07) is 10.5. The fourth-order valence-electron chi connectivity index (χ4n) is 4.36. The van der Waals surface area contributed by atoms with E-state index in [0.29, 0.717) is 32.0 Å². The zero-order valence-electron chi connectivity index (χ0n) is 19.6. The molecule has 0 saturated carbocycles. The predicted molar refractivity (Wildman–Crippen MR) is 130 cm³/mol. The van der Waals surface area contributed by atoms with E-state index in [2.05, 4.69) is 5.32 Å². The zero-order valence-corrected chi connectivity index (χ0v) is 20.3. The number of nitrogens with zero attached hydrogens (tertiary/aromatic N) is 3. The van der Waals surface area contributed by atoms with Crippen LogP contribution in [0.25, 0.3) is 0 Å². The van der Waals surface area contributed by atoms with Crippen molar-refractivity contribution >= 4 is 28.9 Å². The number of piperidine rings is 1. The van der Waals surface area contributed by atoms with Gasteiger partial charge in [0.05, 0.1) is 28.1 Å². The Morgan fingerprint density at radius 2 is 1.78 bits per heavy atom. The Labute approximate surface area is 214 Å². The number of anilines is 2. The van der Waals surface area contributed by atoms with Gasteiger partial charge in [0, 0.05) is 26.3 Å². The van der Waals surface area contributed by atoms with E-state index in [-0.39, 0.29) is 39.3 Å². The molecule has 37 heavy (non-hydrogen) atoms. The Kier molecular flexibility index (Phi) is 7.28. The third kappa shape index (κ3) is 5.47. The molecule has 1 aliphatic rings. The van der Waals surface area contributed by atoms with Gasteiger partial charge in [-0.3, -0.25) is 9.59 Å². The molecule has 0 aliphatic carbocycles. The first-order chi connectivity index (χ1) is 17.5. The number of amides is 1. The molecule has 1 saturated heterocycles. The van der Waals surface area contributed by atoms with Crippen LogP contribution in [0.2, 0.25) is 5.02 Å². The van der Waals surface area contributed by atoms with E-state index in [1.54, 1.807) is 23.1 Å². The van der Waals surface area contributed by atoms with Crippen molar-refractivity contribution in [3.63, 3.8) is 0 Å². The monoisotopic (exact) mass is 532 g/mol. The summed E-state index contributed by atoms with van der Waals surface area (Å²) in [6.45, 7) is 0.787. The average Bonchev–Trinajstić information content (AvgIpc) is 2.88. The average molecular weight is 533 g/mol. The lowest BCUT2D eigenvalue weighted by Gasteiger charge is -2.33. The van der Waals surface area contributed by atoms with E-state index >= 15 is 0 Å². The maximum absolute atomic E-state index is 13.5. The minimum atomic E-state index is -4.65. The number of hydrogen-bond acceptors (Lipinski definition) is 4. The Hall–Kier alpha value is -3.84. The number of likely N-dealkylation sites (tertiary alicyclic amines) is 1. The van der Waals surface area contributed by atoms with Crippen molar-refractivity contribution in [3.8, 4) is 6.07 Å². The number of aromatic nitrogens is 1. The summed E-state index contributed by atoms with van der Waals surface area (Å²) in [5, 5.41) is 11.8. The third-order valence-electron chi connectivity index (χ3n) is 6.40. The van der Waals surface area contributed by atoms with Crippen molar-refractivity contribution in [2.75, 3.05) is 18.4 Å². The summed E-state index contributed by atoms with van der Waals surface area (Å²) in [5.74, 6) is -0.602. The Morgan fingerprint density at radius 3 is 2.38 bits per heavy atom. The number of rotatable bonds is 4. The lowest BCUT2D eigenvalue weighted by Crippen LogP contribution is -2.39. The number of halogens is 5. The number of nitrogens with one attached hydrogen (secondary N) is 1. The van der Waals surface area contributed by atoms with Crippen LogP contribution in [0, 0.1) is 17.1 Å². The molecule has 0 spiro atoms. The smallest absolute Gasteiger partial charge is 0.352 e. The highest BCUT2D eigenvalue weighted by Gasteiger charge is 2.32. The van der Waals surface area contributed by atoms with Crippen molar-refractivity contribution in [1.29, 1.82) is 5.26 Å². The number of carbonyl (C=O) groups is 1. The summed E-state index contributed by atoms with van der Waals surface area (Å²) in [5.41, 5.74) is -1.07. The van der Waals surface area contributed by atoms with Crippen LogP contribution in [0.5, 0.6) is 0 Å². The first-order valence-corrected chi connectivity index (χ1v) is 11.7. The summed E-state index contributed by atoms with van der Waals surface area (Å²) < 4.78 is 53.7. The standard InChI is InChI=1S/C26H21ClF4N4O2/c1-34-14-20(24(36)35-10-8-16(9-11-35)15-2-5-19(28)6-3-15)23(22(27)25(34)37)33-21-7-4-18(26(29,30)31)12-17(21)13-32/h2-7,12,14,16,33H,8-11H2,1H3. The van der Waals surface area contributed by atoms with Gasteiger partial charge in [-0.2, -0.15) is 18.4 Å². The third-order valence-corrected chi connectivity index (χ3v) is 6.75. The molecular weight excluding hydrogens is 512 g/mol. The van der Waals surface area contributed by atoms with Gasteiger partial charge in [-0.15, -0.1) is 0 Å². The molecule has 0 atom stereocenters. The molecular formula is C26H21ClF4N4O2. The van der Waals surface area contributed by atoms with E-state index in [0.717, 1.165) is 22.3 Å². The van der Waals surface area contributed by atoms with Crippen molar-refractivity contribution < 1.29 is 22.4 Å². The maximum Gasteiger partial charge on any atom is 0.416 e. The van der Waals surface area contributed by atoms with Crippen LogP contribution in [-0.4, -0.2) is 28.5 Å². The number of carbonyl (C=O) groups excluding carboxylic acids is 1. The molecule has 3 aromatic rings. The van der Waals surface area contributed by atoms with Gasteiger partial charge in [-0.1, -0.05) is 23.7 Å². The highest BCUT2D eigenvalue weighted by atomic mass is 35.5. The van der Waals surface area contributed by atoms with Gasteiger partial charge in [-0.25, -0.2) is 4.39 Å². The molecule has 1 aromatic heterocycles. The molecule has 1 aliphatic heterocycles. The number of nitriles is 1. The molecule has 6 nitrogen and oxygen atoms in total. The Morgan fingerprint density at radius 1 is 1.14 bits per heavy atom. The first-order valence-electron chi connectivity index (χ1n) is 11.3. The molecule has 1 N–H and O–H groups in total. The van der Waals surface area contributed by atoms with Crippen LogP contribution in [0.15, 0.2) is 53.5 Å². The molecule has 1 amide bonds. The second-order valence-corrected chi connectivity index (χ2v) is 9.14. The van der Waals surface area contributed by atoms with Crippen molar-refractivity contribution in [2.45, 2.75) is 24.9 Å². The number of alkyl halides is 3. The molecule has 0 bridgehead atoms. The van der Waals surface area contributed by atoms with Crippen LogP contribution < -0.4 is 10.9 Å².